The van der Waals surface area contributed by atoms with E-state index in [1.54, 1.807) is 0 Å². The zero-order valence-corrected chi connectivity index (χ0v) is 14.2. The Morgan fingerprint density at radius 1 is 0.958 bits per heavy atom. The molecule has 1 saturated heterocycles. The SMILES string of the molecule is CCc1ccc(NCC(=O)N2CCN(c3ccccc3)CC2)cc1. The normalized spacial score (nSPS) is 14.5. The van der Waals surface area contributed by atoms with Crippen molar-refractivity contribution in [2.45, 2.75) is 13.3 Å². The predicted octanol–water partition coefficient (Wildman–Crippen LogP) is 3.01. The summed E-state index contributed by atoms with van der Waals surface area (Å²) in [6.45, 7) is 5.84. The lowest BCUT2D eigenvalue weighted by Gasteiger charge is -2.36. The summed E-state index contributed by atoms with van der Waals surface area (Å²) in [6.07, 6.45) is 1.03. The van der Waals surface area contributed by atoms with Gasteiger partial charge >= 0.3 is 0 Å². The Bertz CT molecular complexity index is 646. The smallest absolute Gasteiger partial charge is 0.241 e. The highest BCUT2D eigenvalue weighted by atomic mass is 16.2. The Kier molecular flexibility index (Phi) is 5.36. The first-order valence-corrected chi connectivity index (χ1v) is 8.67. The fourth-order valence-electron chi connectivity index (χ4n) is 3.00. The fraction of sp³-hybridized carbons (Fsp3) is 0.350. The molecule has 1 amide bonds. The number of aryl methyl sites for hydroxylation is 1. The van der Waals surface area contributed by atoms with Gasteiger partial charge in [-0.15, -0.1) is 0 Å². The van der Waals surface area contributed by atoms with Crippen LogP contribution in [0, 0.1) is 0 Å². The molecule has 0 saturated carbocycles. The molecule has 2 aromatic carbocycles. The van der Waals surface area contributed by atoms with Gasteiger partial charge in [0, 0.05) is 37.6 Å². The first-order valence-electron chi connectivity index (χ1n) is 8.67. The van der Waals surface area contributed by atoms with Gasteiger partial charge in [0.05, 0.1) is 6.54 Å². The number of rotatable bonds is 5. The molecule has 24 heavy (non-hydrogen) atoms. The van der Waals surface area contributed by atoms with Gasteiger partial charge in [-0.1, -0.05) is 37.3 Å². The number of hydrogen-bond donors (Lipinski definition) is 1. The summed E-state index contributed by atoms with van der Waals surface area (Å²) in [6, 6.07) is 18.7. The van der Waals surface area contributed by atoms with E-state index in [1.165, 1.54) is 11.3 Å². The quantitative estimate of drug-likeness (QED) is 0.919. The van der Waals surface area contributed by atoms with Crippen LogP contribution in [0.4, 0.5) is 11.4 Å². The van der Waals surface area contributed by atoms with Crippen LogP contribution in [-0.2, 0) is 11.2 Å². The number of hydrogen-bond acceptors (Lipinski definition) is 3. The lowest BCUT2D eigenvalue weighted by atomic mass is 10.1. The van der Waals surface area contributed by atoms with Gasteiger partial charge in [0.25, 0.3) is 0 Å². The second-order valence-corrected chi connectivity index (χ2v) is 6.11. The number of nitrogens with one attached hydrogen (secondary N) is 1. The molecule has 1 fully saturated rings. The number of piperazine rings is 1. The lowest BCUT2D eigenvalue weighted by molar-refractivity contribution is -0.129. The van der Waals surface area contributed by atoms with Gasteiger partial charge in [0.2, 0.25) is 5.91 Å². The van der Waals surface area contributed by atoms with E-state index in [1.807, 2.05) is 23.1 Å². The second-order valence-electron chi connectivity index (χ2n) is 6.11. The molecular weight excluding hydrogens is 298 g/mol. The lowest BCUT2D eigenvalue weighted by Crippen LogP contribution is -2.50. The van der Waals surface area contributed by atoms with E-state index in [-0.39, 0.29) is 5.91 Å². The van der Waals surface area contributed by atoms with Gasteiger partial charge in [-0.05, 0) is 36.2 Å². The van der Waals surface area contributed by atoms with Crippen LogP contribution >= 0.6 is 0 Å². The first-order chi connectivity index (χ1) is 11.8. The van der Waals surface area contributed by atoms with E-state index in [0.29, 0.717) is 6.54 Å². The molecule has 4 heteroatoms. The van der Waals surface area contributed by atoms with Crippen molar-refractivity contribution in [3.63, 3.8) is 0 Å². The Hall–Kier alpha value is -2.49. The number of anilines is 2. The third-order valence-corrected chi connectivity index (χ3v) is 4.56. The fourth-order valence-corrected chi connectivity index (χ4v) is 3.00. The molecule has 1 N–H and O–H groups in total. The molecule has 2 aromatic rings. The summed E-state index contributed by atoms with van der Waals surface area (Å²) in [4.78, 5) is 16.7. The van der Waals surface area contributed by atoms with Crippen LogP contribution in [0.2, 0.25) is 0 Å². The molecule has 0 bridgehead atoms. The van der Waals surface area contributed by atoms with Crippen LogP contribution in [0.15, 0.2) is 54.6 Å². The van der Waals surface area contributed by atoms with Crippen molar-refractivity contribution in [2.24, 2.45) is 0 Å². The van der Waals surface area contributed by atoms with Crippen LogP contribution in [-0.4, -0.2) is 43.5 Å². The number of carbonyl (C=O) groups is 1. The average Bonchev–Trinajstić information content (AvgIpc) is 2.67. The Morgan fingerprint density at radius 2 is 1.62 bits per heavy atom. The molecule has 0 radical (unpaired) electrons. The summed E-state index contributed by atoms with van der Waals surface area (Å²) in [5, 5.41) is 3.23. The number of carbonyl (C=O) groups excluding carboxylic acids is 1. The van der Waals surface area contributed by atoms with Crippen molar-refractivity contribution < 1.29 is 4.79 Å². The minimum absolute atomic E-state index is 0.169. The zero-order valence-electron chi connectivity index (χ0n) is 14.2. The molecule has 0 spiro atoms. The molecule has 1 aliphatic rings. The molecule has 0 aliphatic carbocycles. The van der Waals surface area contributed by atoms with Gasteiger partial charge < -0.3 is 15.1 Å². The van der Waals surface area contributed by atoms with Crippen LogP contribution in [0.5, 0.6) is 0 Å². The van der Waals surface area contributed by atoms with Crippen molar-refractivity contribution in [3.8, 4) is 0 Å². The monoisotopic (exact) mass is 323 g/mol. The minimum Gasteiger partial charge on any atom is -0.376 e. The largest absolute Gasteiger partial charge is 0.376 e. The summed E-state index contributed by atoms with van der Waals surface area (Å²) >= 11 is 0. The highest BCUT2D eigenvalue weighted by Gasteiger charge is 2.20. The van der Waals surface area contributed by atoms with Crippen molar-refractivity contribution >= 4 is 17.3 Å². The number of nitrogens with zero attached hydrogens (tertiary/aromatic N) is 2. The van der Waals surface area contributed by atoms with Gasteiger partial charge in [-0.2, -0.15) is 0 Å². The van der Waals surface area contributed by atoms with E-state index in [4.69, 9.17) is 0 Å². The maximum atomic E-state index is 12.4. The molecule has 0 atom stereocenters. The molecule has 0 aromatic heterocycles. The highest BCUT2D eigenvalue weighted by molar-refractivity contribution is 5.81. The van der Waals surface area contributed by atoms with Crippen molar-refractivity contribution in [1.29, 1.82) is 0 Å². The molecule has 1 aliphatic heterocycles. The second kappa shape index (κ2) is 7.86. The Labute approximate surface area is 144 Å². The van der Waals surface area contributed by atoms with Gasteiger partial charge in [0.15, 0.2) is 0 Å². The molecule has 4 nitrogen and oxygen atoms in total. The molecule has 1 heterocycles. The van der Waals surface area contributed by atoms with E-state index in [9.17, 15) is 4.79 Å². The summed E-state index contributed by atoms with van der Waals surface area (Å²) in [7, 11) is 0. The summed E-state index contributed by atoms with van der Waals surface area (Å²) in [5.74, 6) is 0.169. The maximum Gasteiger partial charge on any atom is 0.241 e. The standard InChI is InChI=1S/C20H25N3O/c1-2-17-8-10-18(11-9-17)21-16-20(24)23-14-12-22(13-15-23)19-6-4-3-5-7-19/h3-11,21H,2,12-16H2,1H3. The summed E-state index contributed by atoms with van der Waals surface area (Å²) in [5.41, 5.74) is 3.55. The van der Waals surface area contributed by atoms with E-state index in [0.717, 1.165) is 38.3 Å². The average molecular weight is 323 g/mol. The van der Waals surface area contributed by atoms with Crippen LogP contribution in [0.3, 0.4) is 0 Å². The number of benzene rings is 2. The van der Waals surface area contributed by atoms with Gasteiger partial charge in [-0.3, -0.25) is 4.79 Å². The van der Waals surface area contributed by atoms with Gasteiger partial charge in [0.1, 0.15) is 0 Å². The Morgan fingerprint density at radius 3 is 2.25 bits per heavy atom. The van der Waals surface area contributed by atoms with Crippen molar-refractivity contribution in [1.82, 2.24) is 4.90 Å². The molecule has 0 unspecified atom stereocenters. The van der Waals surface area contributed by atoms with Crippen LogP contribution < -0.4 is 10.2 Å². The van der Waals surface area contributed by atoms with Crippen molar-refractivity contribution in [3.05, 3.63) is 60.2 Å². The van der Waals surface area contributed by atoms with E-state index in [2.05, 4.69) is 53.5 Å². The maximum absolute atomic E-state index is 12.4. The Balaban J connectivity index is 1.46. The number of amides is 1. The minimum atomic E-state index is 0.169. The molecule has 3 rings (SSSR count). The third kappa shape index (κ3) is 4.07. The summed E-state index contributed by atoms with van der Waals surface area (Å²) < 4.78 is 0. The van der Waals surface area contributed by atoms with Gasteiger partial charge in [-0.25, -0.2) is 0 Å². The molecule has 126 valence electrons. The van der Waals surface area contributed by atoms with E-state index >= 15 is 0 Å². The topological polar surface area (TPSA) is 35.6 Å². The van der Waals surface area contributed by atoms with Crippen LogP contribution in [0.1, 0.15) is 12.5 Å². The van der Waals surface area contributed by atoms with E-state index < -0.39 is 0 Å². The van der Waals surface area contributed by atoms with Crippen molar-refractivity contribution in [2.75, 3.05) is 42.9 Å². The third-order valence-electron chi connectivity index (χ3n) is 4.56. The zero-order chi connectivity index (χ0) is 16.8. The first kappa shape index (κ1) is 16.4. The predicted molar refractivity (Wildman–Crippen MR) is 99.5 cm³/mol. The highest BCUT2D eigenvalue weighted by Crippen LogP contribution is 2.16. The van der Waals surface area contributed by atoms with Crippen LogP contribution in [0.25, 0.3) is 0 Å². The molecular formula is C20H25N3O. The number of para-hydroxylation sites is 1.